The lowest BCUT2D eigenvalue weighted by atomic mass is 10.0. The molecular formula is C17H27NS2. The Morgan fingerprint density at radius 3 is 2.40 bits per heavy atom. The van der Waals surface area contributed by atoms with Crippen molar-refractivity contribution in [2.45, 2.75) is 70.8 Å². The first kappa shape index (κ1) is 16.0. The lowest BCUT2D eigenvalue weighted by Crippen LogP contribution is -2.08. The number of thiophene rings is 2. The van der Waals surface area contributed by atoms with Crippen molar-refractivity contribution >= 4 is 32.1 Å². The largest absolute Gasteiger partial charge is 0.323 e. The molecule has 0 saturated carbocycles. The van der Waals surface area contributed by atoms with Crippen molar-refractivity contribution in [1.29, 1.82) is 0 Å². The van der Waals surface area contributed by atoms with Gasteiger partial charge in [-0.15, -0.1) is 22.7 Å². The SMILES string of the molecule is CCCCCCCCCCC(N)c1cc2sccc2s1. The summed E-state index contributed by atoms with van der Waals surface area (Å²) in [7, 11) is 0. The van der Waals surface area contributed by atoms with Crippen LogP contribution in [-0.4, -0.2) is 0 Å². The minimum absolute atomic E-state index is 0.250. The van der Waals surface area contributed by atoms with Gasteiger partial charge in [0.15, 0.2) is 0 Å². The summed E-state index contributed by atoms with van der Waals surface area (Å²) in [6, 6.07) is 4.75. The van der Waals surface area contributed by atoms with Crippen molar-refractivity contribution in [3.05, 3.63) is 22.4 Å². The molecule has 0 radical (unpaired) electrons. The molecule has 0 aliphatic carbocycles. The Balaban J connectivity index is 1.58. The van der Waals surface area contributed by atoms with Crippen LogP contribution in [-0.2, 0) is 0 Å². The van der Waals surface area contributed by atoms with Gasteiger partial charge in [0, 0.05) is 20.3 Å². The van der Waals surface area contributed by atoms with Crippen LogP contribution in [0.4, 0.5) is 0 Å². The molecular weight excluding hydrogens is 282 g/mol. The van der Waals surface area contributed by atoms with E-state index in [4.69, 9.17) is 5.73 Å². The van der Waals surface area contributed by atoms with Crippen LogP contribution in [0.2, 0.25) is 0 Å². The Kier molecular flexibility index (Phi) is 7.05. The molecule has 2 aromatic rings. The molecule has 1 unspecified atom stereocenters. The highest BCUT2D eigenvalue weighted by molar-refractivity contribution is 7.26. The van der Waals surface area contributed by atoms with Gasteiger partial charge in [0.1, 0.15) is 0 Å². The van der Waals surface area contributed by atoms with Crippen LogP contribution >= 0.6 is 22.7 Å². The Hall–Kier alpha value is -0.380. The number of nitrogens with two attached hydrogens (primary N) is 1. The summed E-state index contributed by atoms with van der Waals surface area (Å²) >= 11 is 3.70. The monoisotopic (exact) mass is 309 g/mol. The molecule has 0 aliphatic rings. The first-order valence-corrected chi connectivity index (χ1v) is 9.73. The average molecular weight is 310 g/mol. The van der Waals surface area contributed by atoms with E-state index >= 15 is 0 Å². The zero-order valence-electron chi connectivity index (χ0n) is 12.6. The molecule has 0 bridgehead atoms. The van der Waals surface area contributed by atoms with Crippen LogP contribution in [0.5, 0.6) is 0 Å². The minimum Gasteiger partial charge on any atom is -0.323 e. The van der Waals surface area contributed by atoms with Crippen LogP contribution in [0.25, 0.3) is 9.40 Å². The zero-order chi connectivity index (χ0) is 14.2. The van der Waals surface area contributed by atoms with Gasteiger partial charge in [-0.05, 0) is 23.9 Å². The first-order valence-electron chi connectivity index (χ1n) is 8.03. The van der Waals surface area contributed by atoms with E-state index in [1.807, 2.05) is 22.7 Å². The number of hydrogen-bond donors (Lipinski definition) is 1. The highest BCUT2D eigenvalue weighted by Gasteiger charge is 2.10. The van der Waals surface area contributed by atoms with Crippen LogP contribution in [0.1, 0.15) is 75.6 Å². The van der Waals surface area contributed by atoms with Gasteiger partial charge >= 0.3 is 0 Å². The topological polar surface area (TPSA) is 26.0 Å². The molecule has 0 aromatic carbocycles. The van der Waals surface area contributed by atoms with Gasteiger partial charge in [-0.3, -0.25) is 0 Å². The second kappa shape index (κ2) is 8.81. The highest BCUT2D eigenvalue weighted by atomic mass is 32.1. The molecule has 0 aliphatic heterocycles. The van der Waals surface area contributed by atoms with Gasteiger partial charge in [-0.1, -0.05) is 58.3 Å². The molecule has 20 heavy (non-hydrogen) atoms. The zero-order valence-corrected chi connectivity index (χ0v) is 14.2. The van der Waals surface area contributed by atoms with Crippen molar-refractivity contribution in [3.63, 3.8) is 0 Å². The van der Waals surface area contributed by atoms with E-state index in [0.717, 1.165) is 6.42 Å². The fraction of sp³-hybridized carbons (Fsp3) is 0.647. The molecule has 1 nitrogen and oxygen atoms in total. The van der Waals surface area contributed by atoms with Gasteiger partial charge < -0.3 is 5.73 Å². The lowest BCUT2D eigenvalue weighted by Gasteiger charge is -2.09. The normalized spacial score (nSPS) is 13.1. The van der Waals surface area contributed by atoms with Crippen molar-refractivity contribution in [1.82, 2.24) is 0 Å². The van der Waals surface area contributed by atoms with Crippen molar-refractivity contribution in [2.24, 2.45) is 5.73 Å². The van der Waals surface area contributed by atoms with E-state index in [0.29, 0.717) is 0 Å². The van der Waals surface area contributed by atoms with Gasteiger partial charge in [0.25, 0.3) is 0 Å². The summed E-state index contributed by atoms with van der Waals surface area (Å²) < 4.78 is 2.80. The summed E-state index contributed by atoms with van der Waals surface area (Å²) in [5.74, 6) is 0. The van der Waals surface area contributed by atoms with Gasteiger partial charge in [-0.2, -0.15) is 0 Å². The van der Waals surface area contributed by atoms with Crippen LogP contribution in [0.3, 0.4) is 0 Å². The van der Waals surface area contributed by atoms with E-state index in [-0.39, 0.29) is 6.04 Å². The standard InChI is InChI=1S/C17H27NS2/c1-2-3-4-5-6-7-8-9-10-14(18)16-13-17-15(20-16)11-12-19-17/h11-14H,2-10,18H2,1H3. The van der Waals surface area contributed by atoms with Crippen LogP contribution in [0, 0.1) is 0 Å². The van der Waals surface area contributed by atoms with Crippen molar-refractivity contribution in [2.75, 3.05) is 0 Å². The third kappa shape index (κ3) is 4.87. The number of fused-ring (bicyclic) bond motifs is 1. The molecule has 0 spiro atoms. The maximum Gasteiger partial charge on any atom is 0.0454 e. The fourth-order valence-corrected chi connectivity index (χ4v) is 4.76. The fourth-order valence-electron chi connectivity index (χ4n) is 2.61. The number of unbranched alkanes of at least 4 members (excludes halogenated alkanes) is 7. The summed E-state index contributed by atoms with van der Waals surface area (Å²) in [6.45, 7) is 2.27. The van der Waals surface area contributed by atoms with Crippen LogP contribution in [0.15, 0.2) is 17.5 Å². The maximum absolute atomic E-state index is 6.31. The Labute approximate surface area is 131 Å². The molecule has 2 rings (SSSR count). The Morgan fingerprint density at radius 2 is 1.70 bits per heavy atom. The molecule has 0 amide bonds. The maximum atomic E-state index is 6.31. The first-order chi connectivity index (χ1) is 9.81. The highest BCUT2D eigenvalue weighted by Crippen LogP contribution is 2.34. The second-order valence-electron chi connectivity index (χ2n) is 5.67. The molecule has 112 valence electrons. The predicted molar refractivity (Wildman–Crippen MR) is 93.9 cm³/mol. The number of rotatable bonds is 10. The van der Waals surface area contributed by atoms with E-state index in [9.17, 15) is 0 Å². The minimum atomic E-state index is 0.250. The summed E-state index contributed by atoms with van der Waals surface area (Å²) in [6.07, 6.45) is 12.1. The van der Waals surface area contributed by atoms with E-state index < -0.39 is 0 Å². The predicted octanol–water partition coefficient (Wildman–Crippen LogP) is 6.49. The molecule has 0 saturated heterocycles. The van der Waals surface area contributed by atoms with Gasteiger partial charge in [0.2, 0.25) is 0 Å². The third-order valence-corrected chi connectivity index (χ3v) is 6.12. The van der Waals surface area contributed by atoms with Crippen molar-refractivity contribution < 1.29 is 0 Å². The van der Waals surface area contributed by atoms with E-state index in [2.05, 4.69) is 24.4 Å². The molecule has 1 atom stereocenters. The van der Waals surface area contributed by atoms with Gasteiger partial charge in [-0.25, -0.2) is 0 Å². The average Bonchev–Trinajstić information content (AvgIpc) is 3.02. The molecule has 2 heterocycles. The van der Waals surface area contributed by atoms with Gasteiger partial charge in [0.05, 0.1) is 0 Å². The molecule has 0 fully saturated rings. The lowest BCUT2D eigenvalue weighted by molar-refractivity contribution is 0.539. The Morgan fingerprint density at radius 1 is 1.00 bits per heavy atom. The Bertz CT molecular complexity index is 457. The number of hydrogen-bond acceptors (Lipinski definition) is 3. The van der Waals surface area contributed by atoms with E-state index in [1.54, 1.807) is 0 Å². The van der Waals surface area contributed by atoms with Crippen LogP contribution < -0.4 is 5.73 Å². The summed E-state index contributed by atoms with van der Waals surface area (Å²) in [4.78, 5) is 1.37. The summed E-state index contributed by atoms with van der Waals surface area (Å²) in [5.41, 5.74) is 6.31. The molecule has 2 aromatic heterocycles. The van der Waals surface area contributed by atoms with Crippen molar-refractivity contribution in [3.8, 4) is 0 Å². The summed E-state index contributed by atoms with van der Waals surface area (Å²) in [5, 5.41) is 2.16. The second-order valence-corrected chi connectivity index (χ2v) is 7.73. The molecule has 3 heteroatoms. The van der Waals surface area contributed by atoms with E-state index in [1.165, 1.54) is 65.6 Å². The molecule has 2 N–H and O–H groups in total. The quantitative estimate of drug-likeness (QED) is 0.498. The smallest absolute Gasteiger partial charge is 0.0454 e. The third-order valence-electron chi connectivity index (χ3n) is 3.89.